The molecule has 0 radical (unpaired) electrons. The van der Waals surface area contributed by atoms with E-state index in [9.17, 15) is 9.59 Å². The third-order valence-corrected chi connectivity index (χ3v) is 4.11. The van der Waals surface area contributed by atoms with Gasteiger partial charge in [-0.25, -0.2) is 9.78 Å². The fourth-order valence-electron chi connectivity index (χ4n) is 2.76. The van der Waals surface area contributed by atoms with E-state index in [1.54, 1.807) is 0 Å². The van der Waals surface area contributed by atoms with E-state index in [4.69, 9.17) is 0 Å². The number of aromatic nitrogens is 2. The molecule has 7 heteroatoms. The number of rotatable bonds is 7. The molecule has 25 heavy (non-hydrogen) atoms. The molecular formula is C18H26N4O3. The highest BCUT2D eigenvalue weighted by Gasteiger charge is 2.24. The van der Waals surface area contributed by atoms with E-state index in [1.165, 1.54) is 7.11 Å². The summed E-state index contributed by atoms with van der Waals surface area (Å²) in [7, 11) is 1.28. The Morgan fingerprint density at radius 3 is 2.68 bits per heavy atom. The highest BCUT2D eigenvalue weighted by Crippen LogP contribution is 2.15. The van der Waals surface area contributed by atoms with E-state index in [0.29, 0.717) is 6.54 Å². The molecule has 7 nitrogen and oxygen atoms in total. The number of ether oxygens (including phenoxy) is 1. The Labute approximate surface area is 147 Å². The van der Waals surface area contributed by atoms with E-state index in [2.05, 4.69) is 24.9 Å². The molecule has 2 aromatic rings. The summed E-state index contributed by atoms with van der Waals surface area (Å²) in [6, 6.07) is 7.39. The SMILES string of the molecule is COC(=O)N[C@H](C(=O)NCCCn1c(C)nc2ccccc21)C(C)C. The lowest BCUT2D eigenvalue weighted by Crippen LogP contribution is -2.49. The number of fused-ring (bicyclic) bond motifs is 1. The van der Waals surface area contributed by atoms with Gasteiger partial charge < -0.3 is 19.9 Å². The van der Waals surface area contributed by atoms with Gasteiger partial charge in [-0.05, 0) is 31.4 Å². The third-order valence-electron chi connectivity index (χ3n) is 4.11. The van der Waals surface area contributed by atoms with Crippen LogP contribution in [0.15, 0.2) is 24.3 Å². The lowest BCUT2D eigenvalue weighted by molar-refractivity contribution is -0.124. The van der Waals surface area contributed by atoms with Gasteiger partial charge in [0.2, 0.25) is 5.91 Å². The zero-order chi connectivity index (χ0) is 18.4. The molecule has 2 rings (SSSR count). The van der Waals surface area contributed by atoms with Crippen LogP contribution in [-0.2, 0) is 16.1 Å². The molecule has 0 aliphatic carbocycles. The van der Waals surface area contributed by atoms with E-state index in [0.717, 1.165) is 29.8 Å². The molecule has 0 saturated heterocycles. The Balaban J connectivity index is 1.88. The minimum absolute atomic E-state index is 0.0288. The van der Waals surface area contributed by atoms with E-state index < -0.39 is 12.1 Å². The van der Waals surface area contributed by atoms with Crippen LogP contribution in [0.2, 0.25) is 0 Å². The molecule has 1 aromatic carbocycles. The Kier molecular flexibility index (Phi) is 6.38. The third kappa shape index (κ3) is 4.71. The maximum atomic E-state index is 12.3. The quantitative estimate of drug-likeness (QED) is 0.753. The first-order valence-corrected chi connectivity index (χ1v) is 8.48. The van der Waals surface area contributed by atoms with Crippen molar-refractivity contribution in [2.24, 2.45) is 5.92 Å². The maximum Gasteiger partial charge on any atom is 0.407 e. The van der Waals surface area contributed by atoms with Crippen molar-refractivity contribution in [2.45, 2.75) is 39.8 Å². The molecule has 0 aliphatic heterocycles. The van der Waals surface area contributed by atoms with Gasteiger partial charge >= 0.3 is 6.09 Å². The lowest BCUT2D eigenvalue weighted by atomic mass is 10.0. The fraction of sp³-hybridized carbons (Fsp3) is 0.500. The van der Waals surface area contributed by atoms with Crippen LogP contribution in [-0.4, -0.2) is 41.2 Å². The number of hydrogen-bond acceptors (Lipinski definition) is 4. The van der Waals surface area contributed by atoms with Crippen LogP contribution in [0.3, 0.4) is 0 Å². The summed E-state index contributed by atoms with van der Waals surface area (Å²) in [5.41, 5.74) is 2.07. The minimum atomic E-state index is -0.608. The number of carbonyl (C=O) groups is 2. The molecule has 0 aliphatic rings. The van der Waals surface area contributed by atoms with Crippen LogP contribution in [0.1, 0.15) is 26.1 Å². The minimum Gasteiger partial charge on any atom is -0.453 e. The van der Waals surface area contributed by atoms with Crippen molar-refractivity contribution in [1.82, 2.24) is 20.2 Å². The largest absolute Gasteiger partial charge is 0.453 e. The van der Waals surface area contributed by atoms with Crippen LogP contribution in [0.25, 0.3) is 11.0 Å². The summed E-state index contributed by atoms with van der Waals surface area (Å²) in [6.07, 6.45) is 0.171. The number of nitrogens with one attached hydrogen (secondary N) is 2. The van der Waals surface area contributed by atoms with Crippen LogP contribution in [0.5, 0.6) is 0 Å². The van der Waals surface area contributed by atoms with Gasteiger partial charge in [-0.1, -0.05) is 26.0 Å². The van der Waals surface area contributed by atoms with Gasteiger partial charge in [0.05, 0.1) is 18.1 Å². The Bertz CT molecular complexity index is 739. The van der Waals surface area contributed by atoms with Crippen LogP contribution in [0.4, 0.5) is 4.79 Å². The number of hydrogen-bond donors (Lipinski definition) is 2. The number of carbonyl (C=O) groups excluding carboxylic acids is 2. The van der Waals surface area contributed by atoms with Gasteiger partial charge in [0.15, 0.2) is 0 Å². The second-order valence-electron chi connectivity index (χ2n) is 6.30. The van der Waals surface area contributed by atoms with Gasteiger partial charge in [-0.3, -0.25) is 4.79 Å². The first-order valence-electron chi connectivity index (χ1n) is 8.48. The molecule has 0 fully saturated rings. The smallest absolute Gasteiger partial charge is 0.407 e. The average Bonchev–Trinajstić information content (AvgIpc) is 2.91. The predicted octanol–water partition coefficient (Wildman–Crippen LogP) is 2.23. The normalized spacial score (nSPS) is 12.2. The topological polar surface area (TPSA) is 85.2 Å². The molecule has 0 saturated carbocycles. The molecule has 2 N–H and O–H groups in total. The van der Waals surface area contributed by atoms with Crippen molar-refractivity contribution < 1.29 is 14.3 Å². The number of aryl methyl sites for hydroxylation is 2. The average molecular weight is 346 g/mol. The van der Waals surface area contributed by atoms with E-state index >= 15 is 0 Å². The highest BCUT2D eigenvalue weighted by atomic mass is 16.5. The molecule has 0 unspecified atom stereocenters. The molecular weight excluding hydrogens is 320 g/mol. The predicted molar refractivity (Wildman–Crippen MR) is 96.3 cm³/mol. The number of benzene rings is 1. The van der Waals surface area contributed by atoms with Crippen molar-refractivity contribution in [2.75, 3.05) is 13.7 Å². The van der Waals surface area contributed by atoms with Crippen molar-refractivity contribution in [3.05, 3.63) is 30.1 Å². The number of para-hydroxylation sites is 2. The van der Waals surface area contributed by atoms with Crippen molar-refractivity contribution in [3.8, 4) is 0 Å². The molecule has 0 spiro atoms. The molecule has 1 heterocycles. The Morgan fingerprint density at radius 2 is 2.00 bits per heavy atom. The highest BCUT2D eigenvalue weighted by molar-refractivity contribution is 5.85. The Hall–Kier alpha value is -2.57. The first-order chi connectivity index (χ1) is 11.9. The van der Waals surface area contributed by atoms with Crippen molar-refractivity contribution >= 4 is 23.0 Å². The first kappa shape index (κ1) is 18.8. The zero-order valence-electron chi connectivity index (χ0n) is 15.2. The van der Waals surface area contributed by atoms with Crippen LogP contribution < -0.4 is 10.6 Å². The molecule has 1 atom stereocenters. The van der Waals surface area contributed by atoms with Gasteiger partial charge in [-0.2, -0.15) is 0 Å². The van der Waals surface area contributed by atoms with Crippen LogP contribution in [0, 0.1) is 12.8 Å². The number of imidazole rings is 1. The summed E-state index contributed by atoms with van der Waals surface area (Å²) in [6.45, 7) is 7.02. The number of methoxy groups -OCH3 is 1. The monoisotopic (exact) mass is 346 g/mol. The summed E-state index contributed by atoms with van der Waals surface area (Å²) < 4.78 is 6.72. The zero-order valence-corrected chi connectivity index (χ0v) is 15.2. The fourth-order valence-corrected chi connectivity index (χ4v) is 2.76. The summed E-state index contributed by atoms with van der Waals surface area (Å²) in [5, 5.41) is 5.45. The van der Waals surface area contributed by atoms with Crippen molar-refractivity contribution in [1.29, 1.82) is 0 Å². The van der Waals surface area contributed by atoms with Crippen LogP contribution >= 0.6 is 0 Å². The molecule has 0 bridgehead atoms. The summed E-state index contributed by atoms with van der Waals surface area (Å²) in [5.74, 6) is 0.728. The van der Waals surface area contributed by atoms with E-state index in [-0.39, 0.29) is 11.8 Å². The second-order valence-corrected chi connectivity index (χ2v) is 6.30. The lowest BCUT2D eigenvalue weighted by Gasteiger charge is -2.21. The second kappa shape index (κ2) is 8.50. The van der Waals surface area contributed by atoms with Gasteiger partial charge in [-0.15, -0.1) is 0 Å². The maximum absolute atomic E-state index is 12.3. The molecule has 2 amide bonds. The van der Waals surface area contributed by atoms with Gasteiger partial charge in [0.1, 0.15) is 11.9 Å². The number of nitrogens with zero attached hydrogens (tertiary/aromatic N) is 2. The summed E-state index contributed by atoms with van der Waals surface area (Å²) in [4.78, 5) is 28.2. The standard InChI is InChI=1S/C18H26N4O3/c1-12(2)16(21-18(24)25-4)17(23)19-10-7-11-22-13(3)20-14-8-5-6-9-15(14)22/h5-6,8-9,12,16H,7,10-11H2,1-4H3,(H,19,23)(H,21,24)/t16-/m0/s1. The van der Waals surface area contributed by atoms with E-state index in [1.807, 2.05) is 45.0 Å². The number of amides is 2. The van der Waals surface area contributed by atoms with Gasteiger partial charge in [0, 0.05) is 13.1 Å². The summed E-state index contributed by atoms with van der Waals surface area (Å²) >= 11 is 0. The molecule has 1 aromatic heterocycles. The van der Waals surface area contributed by atoms with Crippen molar-refractivity contribution in [3.63, 3.8) is 0 Å². The Morgan fingerprint density at radius 1 is 1.28 bits per heavy atom. The molecule has 136 valence electrons. The van der Waals surface area contributed by atoms with Gasteiger partial charge in [0.25, 0.3) is 0 Å². The number of alkyl carbamates (subject to hydrolysis) is 1.